The van der Waals surface area contributed by atoms with E-state index in [1.54, 1.807) is 30.3 Å². The second-order valence-electron chi connectivity index (χ2n) is 4.04. The molecule has 0 atom stereocenters. The van der Waals surface area contributed by atoms with Crippen LogP contribution in [0.25, 0.3) is 0 Å². The normalized spacial score (nSPS) is 9.85. The molecule has 0 radical (unpaired) electrons. The Labute approximate surface area is 126 Å². The third kappa shape index (κ3) is 3.74. The Bertz CT molecular complexity index is 655. The van der Waals surface area contributed by atoms with Gasteiger partial charge < -0.3 is 4.74 Å². The van der Waals surface area contributed by atoms with E-state index in [1.807, 2.05) is 6.07 Å². The number of rotatable bonds is 3. The molecule has 0 aromatic heterocycles. The monoisotopic (exact) mass is 305 g/mol. The number of hydrogen-bond acceptors (Lipinski definition) is 3. The summed E-state index contributed by atoms with van der Waals surface area (Å²) in [4.78, 5) is 11.9. The van der Waals surface area contributed by atoms with Gasteiger partial charge in [-0.05, 0) is 35.9 Å². The Balaban J connectivity index is 2.02. The van der Waals surface area contributed by atoms with Crippen molar-refractivity contribution in [1.82, 2.24) is 0 Å². The van der Waals surface area contributed by atoms with Crippen LogP contribution in [0.2, 0.25) is 10.0 Å². The predicted molar refractivity (Wildman–Crippen MR) is 76.7 cm³/mol. The lowest BCUT2D eigenvalue weighted by molar-refractivity contribution is 0.0472. The first-order valence-corrected chi connectivity index (χ1v) is 6.46. The van der Waals surface area contributed by atoms with Crippen molar-refractivity contribution in [3.05, 3.63) is 69.2 Å². The van der Waals surface area contributed by atoms with E-state index in [-0.39, 0.29) is 6.61 Å². The summed E-state index contributed by atoms with van der Waals surface area (Å²) in [6.45, 7) is 0.120. The Hall–Kier alpha value is -2.02. The van der Waals surface area contributed by atoms with Crippen LogP contribution in [0.1, 0.15) is 21.5 Å². The summed E-state index contributed by atoms with van der Waals surface area (Å²) < 4.78 is 5.16. The van der Waals surface area contributed by atoms with E-state index >= 15 is 0 Å². The molecule has 20 heavy (non-hydrogen) atoms. The minimum absolute atomic E-state index is 0.120. The third-order valence-corrected chi connectivity index (χ3v) is 2.99. The van der Waals surface area contributed by atoms with E-state index < -0.39 is 5.97 Å². The van der Waals surface area contributed by atoms with E-state index in [9.17, 15) is 4.79 Å². The molecule has 0 aliphatic rings. The average molecular weight is 306 g/mol. The number of hydrogen-bond donors (Lipinski definition) is 0. The number of ether oxygens (including phenoxy) is 1. The standard InChI is InChI=1S/C15H9Cl2NO2/c16-13-5-12(6-14(17)7-13)15(19)20-9-11-3-1-10(8-18)2-4-11/h1-7H,9H2. The van der Waals surface area contributed by atoms with Crippen molar-refractivity contribution in [3.8, 4) is 6.07 Å². The summed E-state index contributed by atoms with van der Waals surface area (Å²) in [5.74, 6) is -0.501. The van der Waals surface area contributed by atoms with Crippen LogP contribution in [0, 0.1) is 11.3 Å². The molecule has 0 aliphatic heterocycles. The van der Waals surface area contributed by atoms with Crippen LogP contribution in [-0.2, 0) is 11.3 Å². The van der Waals surface area contributed by atoms with E-state index in [4.69, 9.17) is 33.2 Å². The molecule has 100 valence electrons. The number of esters is 1. The molecule has 3 nitrogen and oxygen atoms in total. The van der Waals surface area contributed by atoms with Crippen molar-refractivity contribution in [3.63, 3.8) is 0 Å². The van der Waals surface area contributed by atoms with Crippen molar-refractivity contribution in [2.24, 2.45) is 0 Å². The van der Waals surface area contributed by atoms with Gasteiger partial charge in [-0.15, -0.1) is 0 Å². The smallest absolute Gasteiger partial charge is 0.338 e. The van der Waals surface area contributed by atoms with E-state index in [1.165, 1.54) is 12.1 Å². The number of nitriles is 1. The molecule has 2 aromatic rings. The fourth-order valence-electron chi connectivity index (χ4n) is 1.58. The van der Waals surface area contributed by atoms with Crippen molar-refractivity contribution < 1.29 is 9.53 Å². The van der Waals surface area contributed by atoms with Crippen LogP contribution in [0.4, 0.5) is 0 Å². The number of carbonyl (C=O) groups is 1. The number of nitrogens with zero attached hydrogens (tertiary/aromatic N) is 1. The van der Waals surface area contributed by atoms with Gasteiger partial charge >= 0.3 is 5.97 Å². The molecule has 5 heteroatoms. The second kappa shape index (κ2) is 6.42. The van der Waals surface area contributed by atoms with Crippen LogP contribution in [0.3, 0.4) is 0 Å². The zero-order chi connectivity index (χ0) is 14.5. The van der Waals surface area contributed by atoms with Crippen molar-refractivity contribution >= 4 is 29.2 Å². The van der Waals surface area contributed by atoms with Gasteiger partial charge in [0.2, 0.25) is 0 Å². The van der Waals surface area contributed by atoms with Crippen molar-refractivity contribution in [1.29, 1.82) is 5.26 Å². The van der Waals surface area contributed by atoms with Crippen molar-refractivity contribution in [2.75, 3.05) is 0 Å². The van der Waals surface area contributed by atoms with Crippen LogP contribution in [0.5, 0.6) is 0 Å². The summed E-state index contributed by atoms with van der Waals surface area (Å²) in [6, 6.07) is 13.3. The maximum absolute atomic E-state index is 11.9. The fourth-order valence-corrected chi connectivity index (χ4v) is 2.11. The van der Waals surface area contributed by atoms with Crippen LogP contribution in [0.15, 0.2) is 42.5 Å². The molecular formula is C15H9Cl2NO2. The van der Waals surface area contributed by atoms with Gasteiger partial charge in [0.05, 0.1) is 17.2 Å². The van der Waals surface area contributed by atoms with Gasteiger partial charge in [0, 0.05) is 10.0 Å². The number of benzene rings is 2. The highest BCUT2D eigenvalue weighted by atomic mass is 35.5. The minimum atomic E-state index is -0.501. The third-order valence-electron chi connectivity index (χ3n) is 2.55. The average Bonchev–Trinajstić information content (AvgIpc) is 2.44. The van der Waals surface area contributed by atoms with Gasteiger partial charge in [-0.3, -0.25) is 0 Å². The Morgan fingerprint density at radius 1 is 1.10 bits per heavy atom. The lowest BCUT2D eigenvalue weighted by Crippen LogP contribution is -2.05. The zero-order valence-electron chi connectivity index (χ0n) is 10.3. The minimum Gasteiger partial charge on any atom is -0.457 e. The summed E-state index contributed by atoms with van der Waals surface area (Å²) >= 11 is 11.6. The molecule has 0 aliphatic carbocycles. The summed E-state index contributed by atoms with van der Waals surface area (Å²) in [7, 11) is 0. The largest absolute Gasteiger partial charge is 0.457 e. The molecule has 0 saturated heterocycles. The molecule has 0 amide bonds. The van der Waals surface area contributed by atoms with Gasteiger partial charge in [-0.25, -0.2) is 4.79 Å². The quantitative estimate of drug-likeness (QED) is 0.798. The summed E-state index contributed by atoms with van der Waals surface area (Å²) in [6.07, 6.45) is 0. The molecule has 0 unspecified atom stereocenters. The van der Waals surface area contributed by atoms with Crippen molar-refractivity contribution in [2.45, 2.75) is 6.61 Å². The summed E-state index contributed by atoms with van der Waals surface area (Å²) in [5, 5.41) is 9.44. The Kier molecular flexibility index (Phi) is 4.62. The molecule has 0 bridgehead atoms. The lowest BCUT2D eigenvalue weighted by atomic mass is 10.1. The van der Waals surface area contributed by atoms with E-state index in [0.717, 1.165) is 5.56 Å². The van der Waals surface area contributed by atoms with Gasteiger partial charge in [-0.1, -0.05) is 35.3 Å². The van der Waals surface area contributed by atoms with Gasteiger partial charge in [0.25, 0.3) is 0 Å². The summed E-state index contributed by atoms with van der Waals surface area (Å²) in [5.41, 5.74) is 1.66. The second-order valence-corrected chi connectivity index (χ2v) is 4.92. The number of halogens is 2. The molecule has 0 spiro atoms. The highest BCUT2D eigenvalue weighted by Crippen LogP contribution is 2.20. The first-order valence-electron chi connectivity index (χ1n) is 5.71. The highest BCUT2D eigenvalue weighted by molar-refractivity contribution is 6.35. The molecule has 0 fully saturated rings. The van der Waals surface area contributed by atoms with Gasteiger partial charge in [0.15, 0.2) is 0 Å². The van der Waals surface area contributed by atoms with E-state index in [2.05, 4.69) is 0 Å². The highest BCUT2D eigenvalue weighted by Gasteiger charge is 2.09. The SMILES string of the molecule is N#Cc1ccc(COC(=O)c2cc(Cl)cc(Cl)c2)cc1. The van der Waals surface area contributed by atoms with Crippen LogP contribution >= 0.6 is 23.2 Å². The molecule has 2 aromatic carbocycles. The first-order chi connectivity index (χ1) is 9.58. The Morgan fingerprint density at radius 2 is 1.70 bits per heavy atom. The molecule has 2 rings (SSSR count). The maximum atomic E-state index is 11.9. The fraction of sp³-hybridized carbons (Fsp3) is 0.0667. The maximum Gasteiger partial charge on any atom is 0.338 e. The van der Waals surface area contributed by atoms with Gasteiger partial charge in [-0.2, -0.15) is 5.26 Å². The van der Waals surface area contributed by atoms with Gasteiger partial charge in [0.1, 0.15) is 6.61 Å². The number of carbonyl (C=O) groups excluding carboxylic acids is 1. The van der Waals surface area contributed by atoms with Crippen LogP contribution in [-0.4, -0.2) is 5.97 Å². The zero-order valence-corrected chi connectivity index (χ0v) is 11.8. The molecule has 0 heterocycles. The Morgan fingerprint density at radius 3 is 2.25 bits per heavy atom. The van der Waals surface area contributed by atoms with Crippen LogP contribution < -0.4 is 0 Å². The predicted octanol–water partition coefficient (Wildman–Crippen LogP) is 4.22. The molecule has 0 N–H and O–H groups in total. The lowest BCUT2D eigenvalue weighted by Gasteiger charge is -2.06. The first kappa shape index (κ1) is 14.4. The topological polar surface area (TPSA) is 50.1 Å². The van der Waals surface area contributed by atoms with E-state index in [0.29, 0.717) is 21.2 Å². The molecule has 0 saturated carbocycles. The molecular weight excluding hydrogens is 297 g/mol.